The van der Waals surface area contributed by atoms with Crippen molar-refractivity contribution in [3.05, 3.63) is 29.8 Å². The molecule has 1 fully saturated rings. The van der Waals surface area contributed by atoms with Gasteiger partial charge in [0.2, 0.25) is 5.91 Å². The summed E-state index contributed by atoms with van der Waals surface area (Å²) in [7, 11) is 0. The van der Waals surface area contributed by atoms with Crippen molar-refractivity contribution in [2.75, 3.05) is 5.75 Å². The van der Waals surface area contributed by atoms with Crippen LogP contribution in [0.4, 0.5) is 0 Å². The minimum absolute atomic E-state index is 0.184. The normalized spacial score (nSPS) is 17.2. The summed E-state index contributed by atoms with van der Waals surface area (Å²) in [6.45, 7) is 2.09. The molecular weight excluding hydrogens is 266 g/mol. The van der Waals surface area contributed by atoms with Gasteiger partial charge in [-0.25, -0.2) is 0 Å². The van der Waals surface area contributed by atoms with Crippen LogP contribution in [0.2, 0.25) is 0 Å². The van der Waals surface area contributed by atoms with Crippen molar-refractivity contribution in [3.8, 4) is 0 Å². The average Bonchev–Trinajstić information content (AvgIpc) is 2.41. The van der Waals surface area contributed by atoms with Gasteiger partial charge in [-0.15, -0.1) is 11.8 Å². The van der Waals surface area contributed by atoms with Gasteiger partial charge in [0.15, 0.2) is 0 Å². The number of aryl methyl sites for hydroxylation is 1. The molecule has 0 aliphatic heterocycles. The van der Waals surface area contributed by atoms with Crippen LogP contribution in [0, 0.1) is 6.92 Å². The first-order valence-corrected chi connectivity index (χ1v) is 8.72. The monoisotopic (exact) mass is 291 g/mol. The predicted octanol–water partition coefficient (Wildman–Crippen LogP) is 4.32. The van der Waals surface area contributed by atoms with Crippen molar-refractivity contribution in [2.24, 2.45) is 0 Å². The van der Waals surface area contributed by atoms with Crippen LogP contribution in [0.25, 0.3) is 0 Å². The van der Waals surface area contributed by atoms with Gasteiger partial charge in [-0.05, 0) is 31.4 Å². The second kappa shape index (κ2) is 8.35. The lowest BCUT2D eigenvalue weighted by atomic mass is 9.97. The molecule has 0 bridgehead atoms. The van der Waals surface area contributed by atoms with E-state index in [1.54, 1.807) is 11.8 Å². The maximum Gasteiger partial charge on any atom is 0.230 e. The molecule has 1 aliphatic carbocycles. The summed E-state index contributed by atoms with van der Waals surface area (Å²) in [5.74, 6) is 0.713. The zero-order valence-electron chi connectivity index (χ0n) is 12.4. The molecule has 1 aromatic rings. The molecule has 3 heteroatoms. The van der Waals surface area contributed by atoms with E-state index >= 15 is 0 Å². The van der Waals surface area contributed by atoms with E-state index in [1.165, 1.54) is 42.6 Å². The van der Waals surface area contributed by atoms with Crippen LogP contribution in [0.3, 0.4) is 0 Å². The molecule has 0 aromatic heterocycles. The summed E-state index contributed by atoms with van der Waals surface area (Å²) in [6, 6.07) is 8.65. The van der Waals surface area contributed by atoms with Crippen molar-refractivity contribution in [1.29, 1.82) is 0 Å². The largest absolute Gasteiger partial charge is 0.353 e. The number of benzene rings is 1. The summed E-state index contributed by atoms with van der Waals surface area (Å²) in [5, 5.41) is 3.22. The van der Waals surface area contributed by atoms with Crippen LogP contribution in [-0.4, -0.2) is 17.7 Å². The lowest BCUT2D eigenvalue weighted by Crippen LogP contribution is -2.36. The Bertz CT molecular complexity index is 425. The highest BCUT2D eigenvalue weighted by Crippen LogP contribution is 2.22. The Kier molecular flexibility index (Phi) is 6.44. The highest BCUT2D eigenvalue weighted by atomic mass is 32.2. The number of thioether (sulfide) groups is 1. The first kappa shape index (κ1) is 15.4. The molecule has 0 heterocycles. The Labute approximate surface area is 126 Å². The summed E-state index contributed by atoms with van der Waals surface area (Å²) in [5.41, 5.74) is 1.25. The third-order valence-corrected chi connectivity index (χ3v) is 5.10. The van der Waals surface area contributed by atoms with Crippen molar-refractivity contribution >= 4 is 17.7 Å². The minimum atomic E-state index is 0.184. The number of hydrogen-bond acceptors (Lipinski definition) is 2. The summed E-state index contributed by atoms with van der Waals surface area (Å²) >= 11 is 1.64. The van der Waals surface area contributed by atoms with E-state index in [2.05, 4.69) is 24.4 Å². The van der Waals surface area contributed by atoms with Gasteiger partial charge in [0, 0.05) is 10.9 Å². The molecule has 20 heavy (non-hydrogen) atoms. The van der Waals surface area contributed by atoms with Crippen LogP contribution in [-0.2, 0) is 4.79 Å². The first-order valence-electron chi connectivity index (χ1n) is 7.73. The molecule has 1 amide bonds. The predicted molar refractivity (Wildman–Crippen MR) is 86.2 cm³/mol. The molecule has 1 aliphatic rings. The fraction of sp³-hybridized carbons (Fsp3) is 0.588. The van der Waals surface area contributed by atoms with Crippen LogP contribution in [0.5, 0.6) is 0 Å². The molecule has 2 nitrogen and oxygen atoms in total. The highest BCUT2D eigenvalue weighted by molar-refractivity contribution is 8.00. The van der Waals surface area contributed by atoms with Crippen LogP contribution in [0.1, 0.15) is 50.5 Å². The molecule has 0 saturated heterocycles. The van der Waals surface area contributed by atoms with E-state index in [0.717, 1.165) is 12.8 Å². The molecule has 2 rings (SSSR count). The number of nitrogens with one attached hydrogen (secondary N) is 1. The molecule has 0 radical (unpaired) electrons. The maximum atomic E-state index is 12.1. The lowest BCUT2D eigenvalue weighted by molar-refractivity contribution is -0.119. The van der Waals surface area contributed by atoms with Crippen molar-refractivity contribution in [3.63, 3.8) is 0 Å². The van der Waals surface area contributed by atoms with Gasteiger partial charge >= 0.3 is 0 Å². The Morgan fingerprint density at radius 1 is 1.15 bits per heavy atom. The molecule has 1 N–H and O–H groups in total. The topological polar surface area (TPSA) is 29.1 Å². The van der Waals surface area contributed by atoms with E-state index in [-0.39, 0.29) is 5.91 Å². The fourth-order valence-corrected chi connectivity index (χ4v) is 3.57. The quantitative estimate of drug-likeness (QED) is 0.837. The summed E-state index contributed by atoms with van der Waals surface area (Å²) < 4.78 is 0. The summed E-state index contributed by atoms with van der Waals surface area (Å²) in [6.07, 6.45) is 8.84. The van der Waals surface area contributed by atoms with Gasteiger partial charge in [0.25, 0.3) is 0 Å². The first-order chi connectivity index (χ1) is 9.75. The molecule has 1 saturated carbocycles. The molecule has 1 aromatic carbocycles. The molecule has 110 valence electrons. The Hall–Kier alpha value is -0.960. The average molecular weight is 291 g/mol. The smallest absolute Gasteiger partial charge is 0.230 e. The number of carbonyl (C=O) groups is 1. The van der Waals surface area contributed by atoms with E-state index < -0.39 is 0 Å². The standard InChI is InChI=1S/C17H25NOS/c1-14-9-7-8-12-16(14)20-13-17(19)18-15-10-5-3-2-4-6-11-15/h7-9,12,15H,2-6,10-11,13H2,1H3,(H,18,19). The number of rotatable bonds is 4. The third-order valence-electron chi connectivity index (χ3n) is 3.92. The van der Waals surface area contributed by atoms with Gasteiger partial charge in [-0.2, -0.15) is 0 Å². The van der Waals surface area contributed by atoms with E-state index in [0.29, 0.717) is 11.8 Å². The molecule has 0 unspecified atom stereocenters. The number of amides is 1. The van der Waals surface area contributed by atoms with Crippen LogP contribution in [0.15, 0.2) is 29.2 Å². The fourth-order valence-electron chi connectivity index (χ4n) is 2.73. The van der Waals surface area contributed by atoms with Gasteiger partial charge in [0.1, 0.15) is 0 Å². The molecule has 0 atom stereocenters. The second-order valence-electron chi connectivity index (χ2n) is 5.66. The Morgan fingerprint density at radius 2 is 1.80 bits per heavy atom. The Morgan fingerprint density at radius 3 is 2.50 bits per heavy atom. The lowest BCUT2D eigenvalue weighted by Gasteiger charge is -2.21. The highest BCUT2D eigenvalue weighted by Gasteiger charge is 2.14. The second-order valence-corrected chi connectivity index (χ2v) is 6.68. The van der Waals surface area contributed by atoms with Gasteiger partial charge in [-0.1, -0.05) is 50.3 Å². The molecular formula is C17H25NOS. The number of hydrogen-bond donors (Lipinski definition) is 1. The van der Waals surface area contributed by atoms with Gasteiger partial charge in [0.05, 0.1) is 5.75 Å². The summed E-state index contributed by atoms with van der Waals surface area (Å²) in [4.78, 5) is 13.3. The van der Waals surface area contributed by atoms with Crippen molar-refractivity contribution in [2.45, 2.75) is 62.8 Å². The third kappa shape index (κ3) is 5.20. The van der Waals surface area contributed by atoms with Gasteiger partial charge < -0.3 is 5.32 Å². The van der Waals surface area contributed by atoms with E-state index in [4.69, 9.17) is 0 Å². The van der Waals surface area contributed by atoms with Crippen LogP contribution >= 0.6 is 11.8 Å². The molecule has 0 spiro atoms. The zero-order chi connectivity index (χ0) is 14.2. The number of carbonyl (C=O) groups excluding carboxylic acids is 1. The maximum absolute atomic E-state index is 12.1. The van der Waals surface area contributed by atoms with E-state index in [9.17, 15) is 4.79 Å². The zero-order valence-corrected chi connectivity index (χ0v) is 13.2. The van der Waals surface area contributed by atoms with Crippen molar-refractivity contribution in [1.82, 2.24) is 5.32 Å². The minimum Gasteiger partial charge on any atom is -0.353 e. The van der Waals surface area contributed by atoms with Crippen LogP contribution < -0.4 is 5.32 Å². The Balaban J connectivity index is 1.75. The van der Waals surface area contributed by atoms with E-state index in [1.807, 2.05) is 12.1 Å². The van der Waals surface area contributed by atoms with Crippen molar-refractivity contribution < 1.29 is 4.79 Å². The SMILES string of the molecule is Cc1ccccc1SCC(=O)NC1CCCCCCC1. The van der Waals surface area contributed by atoms with Gasteiger partial charge in [-0.3, -0.25) is 4.79 Å².